The standard InChI is InChI=1S/C34H37F2N3O3/c35-27-11-8-24(9-12-27)31-22-25(10-13-32(31)42-30-6-2-3-7-30)33(40)38-16-18-39(19-17-38)34(41)26-20-28(36)23-29(21-26)37-14-4-1-5-15-37/h8-13,20-23,30H,1-7,14-19H2. The minimum atomic E-state index is -0.410. The second kappa shape index (κ2) is 12.5. The lowest BCUT2D eigenvalue weighted by molar-refractivity contribution is 0.0535. The van der Waals surface area contributed by atoms with Crippen LogP contribution in [0.3, 0.4) is 0 Å². The maximum absolute atomic E-state index is 14.5. The van der Waals surface area contributed by atoms with Gasteiger partial charge in [-0.2, -0.15) is 0 Å². The smallest absolute Gasteiger partial charge is 0.254 e. The highest BCUT2D eigenvalue weighted by Crippen LogP contribution is 2.35. The minimum absolute atomic E-state index is 0.129. The van der Waals surface area contributed by atoms with E-state index in [0.717, 1.165) is 68.4 Å². The number of nitrogens with zero attached hydrogens (tertiary/aromatic N) is 3. The number of piperazine rings is 1. The van der Waals surface area contributed by atoms with Crippen molar-refractivity contribution in [3.05, 3.63) is 83.4 Å². The van der Waals surface area contributed by atoms with Crippen LogP contribution in [0.25, 0.3) is 11.1 Å². The number of carbonyl (C=O) groups is 2. The highest BCUT2D eigenvalue weighted by molar-refractivity contribution is 5.97. The summed E-state index contributed by atoms with van der Waals surface area (Å²) >= 11 is 0. The zero-order valence-electron chi connectivity index (χ0n) is 23.9. The Morgan fingerprint density at radius 2 is 1.29 bits per heavy atom. The summed E-state index contributed by atoms with van der Waals surface area (Å²) in [6.07, 6.45) is 7.73. The van der Waals surface area contributed by atoms with E-state index in [1.165, 1.54) is 30.7 Å². The van der Waals surface area contributed by atoms with Gasteiger partial charge in [0.1, 0.15) is 17.4 Å². The third-order valence-corrected chi connectivity index (χ3v) is 8.68. The van der Waals surface area contributed by atoms with Gasteiger partial charge in [0.25, 0.3) is 11.8 Å². The Bertz CT molecular complexity index is 1420. The zero-order valence-corrected chi connectivity index (χ0v) is 23.9. The molecule has 42 heavy (non-hydrogen) atoms. The highest BCUT2D eigenvalue weighted by atomic mass is 19.1. The van der Waals surface area contributed by atoms with Gasteiger partial charge in [0.05, 0.1) is 6.10 Å². The molecule has 0 spiro atoms. The average molecular weight is 574 g/mol. The van der Waals surface area contributed by atoms with E-state index in [4.69, 9.17) is 4.74 Å². The van der Waals surface area contributed by atoms with Gasteiger partial charge in [-0.15, -0.1) is 0 Å². The van der Waals surface area contributed by atoms with Crippen molar-refractivity contribution in [2.45, 2.75) is 51.0 Å². The van der Waals surface area contributed by atoms with Gasteiger partial charge in [-0.25, -0.2) is 8.78 Å². The topological polar surface area (TPSA) is 53.1 Å². The summed E-state index contributed by atoms with van der Waals surface area (Å²) in [4.78, 5) is 32.5. The molecular weight excluding hydrogens is 536 g/mol. The first-order chi connectivity index (χ1) is 20.4. The first-order valence-corrected chi connectivity index (χ1v) is 15.2. The van der Waals surface area contributed by atoms with Crippen molar-refractivity contribution in [2.75, 3.05) is 44.2 Å². The highest BCUT2D eigenvalue weighted by Gasteiger charge is 2.27. The largest absolute Gasteiger partial charge is 0.490 e. The van der Waals surface area contributed by atoms with Crippen molar-refractivity contribution < 1.29 is 23.1 Å². The van der Waals surface area contributed by atoms with Crippen molar-refractivity contribution >= 4 is 17.5 Å². The monoisotopic (exact) mass is 573 g/mol. The van der Waals surface area contributed by atoms with Gasteiger partial charge < -0.3 is 19.4 Å². The van der Waals surface area contributed by atoms with Crippen LogP contribution in [0.4, 0.5) is 14.5 Å². The Morgan fingerprint density at radius 3 is 1.95 bits per heavy atom. The lowest BCUT2D eigenvalue weighted by Gasteiger charge is -2.35. The van der Waals surface area contributed by atoms with E-state index in [9.17, 15) is 18.4 Å². The fraction of sp³-hybridized carbons (Fsp3) is 0.412. The second-order valence-corrected chi connectivity index (χ2v) is 11.6. The van der Waals surface area contributed by atoms with Crippen molar-refractivity contribution in [2.24, 2.45) is 0 Å². The lowest BCUT2D eigenvalue weighted by atomic mass is 10.0. The van der Waals surface area contributed by atoms with Crippen LogP contribution in [-0.4, -0.2) is 67.0 Å². The predicted octanol–water partition coefficient (Wildman–Crippen LogP) is 6.54. The van der Waals surface area contributed by atoms with Crippen LogP contribution >= 0.6 is 0 Å². The Morgan fingerprint density at radius 1 is 0.643 bits per heavy atom. The normalized spacial score (nSPS) is 17.9. The summed E-state index contributed by atoms with van der Waals surface area (Å²) in [5.74, 6) is -0.382. The fourth-order valence-electron chi connectivity index (χ4n) is 6.32. The number of ether oxygens (including phenoxy) is 1. The number of rotatable bonds is 6. The van der Waals surface area contributed by atoms with Crippen LogP contribution in [-0.2, 0) is 0 Å². The number of anilines is 1. The number of hydrogen-bond acceptors (Lipinski definition) is 4. The minimum Gasteiger partial charge on any atom is -0.490 e. The molecule has 3 aromatic carbocycles. The number of hydrogen-bond donors (Lipinski definition) is 0. The molecule has 2 heterocycles. The lowest BCUT2D eigenvalue weighted by Crippen LogP contribution is -2.50. The van der Waals surface area contributed by atoms with E-state index < -0.39 is 5.82 Å². The van der Waals surface area contributed by atoms with Crippen LogP contribution in [0.5, 0.6) is 5.75 Å². The summed E-state index contributed by atoms with van der Waals surface area (Å²) in [6, 6.07) is 16.3. The molecule has 2 aliphatic heterocycles. The van der Waals surface area contributed by atoms with E-state index in [-0.39, 0.29) is 23.7 Å². The first kappa shape index (κ1) is 28.2. The first-order valence-electron chi connectivity index (χ1n) is 15.2. The third kappa shape index (κ3) is 6.27. The molecule has 3 aromatic rings. The molecule has 6 rings (SSSR count). The molecule has 0 atom stereocenters. The van der Waals surface area contributed by atoms with Crippen LogP contribution in [0.1, 0.15) is 65.7 Å². The second-order valence-electron chi connectivity index (χ2n) is 11.6. The van der Waals surface area contributed by atoms with Crippen molar-refractivity contribution in [1.82, 2.24) is 9.80 Å². The van der Waals surface area contributed by atoms with Gasteiger partial charge in [0.2, 0.25) is 0 Å². The Kier molecular flexibility index (Phi) is 8.40. The van der Waals surface area contributed by atoms with Gasteiger partial charge in [-0.3, -0.25) is 9.59 Å². The van der Waals surface area contributed by atoms with Crippen LogP contribution in [0.2, 0.25) is 0 Å². The molecule has 1 saturated carbocycles. The SMILES string of the molecule is O=C(c1cc(F)cc(N2CCCCC2)c1)N1CCN(C(=O)c2ccc(OC3CCCC3)c(-c3ccc(F)cc3)c2)CC1. The van der Waals surface area contributed by atoms with E-state index in [1.54, 1.807) is 34.1 Å². The van der Waals surface area contributed by atoms with Gasteiger partial charge >= 0.3 is 0 Å². The number of piperidine rings is 1. The molecule has 0 radical (unpaired) electrons. The summed E-state index contributed by atoms with van der Waals surface area (Å²) in [6.45, 7) is 3.24. The van der Waals surface area contributed by atoms with E-state index in [1.807, 2.05) is 12.1 Å². The van der Waals surface area contributed by atoms with Gasteiger partial charge in [0.15, 0.2) is 0 Å². The number of benzene rings is 3. The molecule has 6 nitrogen and oxygen atoms in total. The number of halogens is 2. The molecule has 1 aliphatic carbocycles. The fourth-order valence-corrected chi connectivity index (χ4v) is 6.32. The third-order valence-electron chi connectivity index (χ3n) is 8.68. The van der Waals surface area contributed by atoms with Crippen molar-refractivity contribution in [3.8, 4) is 16.9 Å². The predicted molar refractivity (Wildman–Crippen MR) is 159 cm³/mol. The average Bonchev–Trinajstić information content (AvgIpc) is 3.54. The molecule has 0 aromatic heterocycles. The molecule has 3 fully saturated rings. The molecule has 8 heteroatoms. The van der Waals surface area contributed by atoms with Crippen molar-refractivity contribution in [1.29, 1.82) is 0 Å². The summed E-state index contributed by atoms with van der Waals surface area (Å²) in [7, 11) is 0. The summed E-state index contributed by atoms with van der Waals surface area (Å²) < 4.78 is 34.5. The quantitative estimate of drug-likeness (QED) is 0.336. The summed E-state index contributed by atoms with van der Waals surface area (Å²) in [5, 5.41) is 0. The van der Waals surface area contributed by atoms with E-state index >= 15 is 0 Å². The van der Waals surface area contributed by atoms with E-state index in [2.05, 4.69) is 4.90 Å². The van der Waals surface area contributed by atoms with Gasteiger partial charge in [-0.05, 0) is 99.0 Å². The summed E-state index contributed by atoms with van der Waals surface area (Å²) in [5.41, 5.74) is 3.16. The molecule has 220 valence electrons. The van der Waals surface area contributed by atoms with Crippen molar-refractivity contribution in [3.63, 3.8) is 0 Å². The molecule has 0 N–H and O–H groups in total. The van der Waals surface area contributed by atoms with Gasteiger partial charge in [-0.1, -0.05) is 12.1 Å². The molecule has 0 bridgehead atoms. The molecule has 2 saturated heterocycles. The van der Waals surface area contributed by atoms with Crippen LogP contribution in [0.15, 0.2) is 60.7 Å². The Hall–Kier alpha value is -3.94. The Labute approximate surface area is 245 Å². The Balaban J connectivity index is 1.15. The number of amides is 2. The number of carbonyl (C=O) groups excluding carboxylic acids is 2. The van der Waals surface area contributed by atoms with Gasteiger partial charge in [0, 0.05) is 61.6 Å². The maximum atomic E-state index is 14.5. The molecular formula is C34H37F2N3O3. The molecule has 3 aliphatic rings. The van der Waals surface area contributed by atoms with Crippen LogP contribution in [0, 0.1) is 11.6 Å². The molecule has 2 amide bonds. The van der Waals surface area contributed by atoms with E-state index in [0.29, 0.717) is 43.1 Å². The zero-order chi connectivity index (χ0) is 29.1. The molecule has 0 unspecified atom stereocenters. The van der Waals surface area contributed by atoms with Crippen LogP contribution < -0.4 is 9.64 Å². The maximum Gasteiger partial charge on any atom is 0.254 e.